The van der Waals surface area contributed by atoms with Crippen molar-refractivity contribution >= 4 is 11.6 Å². The molecule has 1 aliphatic heterocycles. The van der Waals surface area contributed by atoms with E-state index in [1.165, 1.54) is 0 Å². The first-order valence-electron chi connectivity index (χ1n) is 6.79. The second kappa shape index (κ2) is 6.23. The van der Waals surface area contributed by atoms with Crippen LogP contribution in [0.15, 0.2) is 24.3 Å². The minimum Gasteiger partial charge on any atom is -0.396 e. The molecule has 19 heavy (non-hydrogen) atoms. The molecule has 1 aliphatic rings. The number of nitrogens with zero attached hydrogens (tertiary/aromatic N) is 1. The largest absolute Gasteiger partial charge is 0.396 e. The Hall–Kier alpha value is -0.610. The van der Waals surface area contributed by atoms with E-state index in [2.05, 4.69) is 11.8 Å². The SMILES string of the molecule is CC1(CO)CCCN(CC(O)c2cccc(Cl)c2)C1. The molecule has 1 aromatic rings. The Labute approximate surface area is 119 Å². The lowest BCUT2D eigenvalue weighted by atomic mass is 9.82. The maximum absolute atomic E-state index is 10.3. The van der Waals surface area contributed by atoms with E-state index in [0.29, 0.717) is 11.6 Å². The Morgan fingerprint density at radius 2 is 2.26 bits per heavy atom. The van der Waals surface area contributed by atoms with Crippen LogP contribution in [0.2, 0.25) is 5.02 Å². The van der Waals surface area contributed by atoms with Gasteiger partial charge in [0.2, 0.25) is 0 Å². The minimum absolute atomic E-state index is 0.0354. The van der Waals surface area contributed by atoms with E-state index < -0.39 is 6.10 Å². The van der Waals surface area contributed by atoms with Crippen molar-refractivity contribution in [1.29, 1.82) is 0 Å². The number of benzene rings is 1. The number of likely N-dealkylation sites (tertiary alicyclic amines) is 1. The van der Waals surface area contributed by atoms with Crippen LogP contribution in [0.25, 0.3) is 0 Å². The maximum atomic E-state index is 10.3. The number of β-amino-alcohol motifs (C(OH)–C–C–N with tert-alkyl or cyclic N) is 1. The standard InChI is InChI=1S/C15H22ClNO2/c1-15(11-18)6-3-7-17(10-15)9-14(19)12-4-2-5-13(16)8-12/h2,4-5,8,14,18-19H,3,6-7,9-11H2,1H3. The summed E-state index contributed by atoms with van der Waals surface area (Å²) in [6.45, 7) is 4.71. The van der Waals surface area contributed by atoms with E-state index in [4.69, 9.17) is 11.6 Å². The van der Waals surface area contributed by atoms with Crippen LogP contribution in [0.5, 0.6) is 0 Å². The fourth-order valence-corrected chi connectivity index (χ4v) is 2.97. The fourth-order valence-electron chi connectivity index (χ4n) is 2.78. The normalized spacial score (nSPS) is 26.3. The summed E-state index contributed by atoms with van der Waals surface area (Å²) in [6, 6.07) is 7.36. The van der Waals surface area contributed by atoms with Crippen molar-refractivity contribution in [2.24, 2.45) is 5.41 Å². The fraction of sp³-hybridized carbons (Fsp3) is 0.600. The number of rotatable bonds is 4. The monoisotopic (exact) mass is 283 g/mol. The zero-order valence-electron chi connectivity index (χ0n) is 11.3. The number of aliphatic hydroxyl groups excluding tert-OH is 2. The predicted molar refractivity (Wildman–Crippen MR) is 77.3 cm³/mol. The van der Waals surface area contributed by atoms with Gasteiger partial charge in [-0.25, -0.2) is 0 Å². The van der Waals surface area contributed by atoms with Gasteiger partial charge in [0, 0.05) is 30.1 Å². The van der Waals surface area contributed by atoms with Crippen LogP contribution in [0.3, 0.4) is 0 Å². The third-order valence-corrected chi connectivity index (χ3v) is 4.14. The van der Waals surface area contributed by atoms with Crippen molar-refractivity contribution in [2.75, 3.05) is 26.2 Å². The molecule has 106 valence electrons. The van der Waals surface area contributed by atoms with Crippen LogP contribution in [0.1, 0.15) is 31.4 Å². The summed E-state index contributed by atoms with van der Waals surface area (Å²) in [5.74, 6) is 0. The number of hydrogen-bond donors (Lipinski definition) is 2. The minimum atomic E-state index is -0.528. The molecule has 1 heterocycles. The van der Waals surface area contributed by atoms with Crippen LogP contribution in [-0.4, -0.2) is 41.4 Å². The molecule has 2 N–H and O–H groups in total. The lowest BCUT2D eigenvalue weighted by Gasteiger charge is -2.40. The van der Waals surface area contributed by atoms with Crippen molar-refractivity contribution in [3.05, 3.63) is 34.9 Å². The van der Waals surface area contributed by atoms with Gasteiger partial charge in [0.05, 0.1) is 6.10 Å². The van der Waals surface area contributed by atoms with Crippen molar-refractivity contribution in [3.63, 3.8) is 0 Å². The molecule has 3 nitrogen and oxygen atoms in total. The van der Waals surface area contributed by atoms with E-state index in [-0.39, 0.29) is 12.0 Å². The molecule has 1 aromatic carbocycles. The van der Waals surface area contributed by atoms with E-state index in [1.807, 2.05) is 18.2 Å². The zero-order valence-corrected chi connectivity index (χ0v) is 12.1. The van der Waals surface area contributed by atoms with Crippen LogP contribution in [0.4, 0.5) is 0 Å². The van der Waals surface area contributed by atoms with Gasteiger partial charge in [-0.1, -0.05) is 30.7 Å². The summed E-state index contributed by atoms with van der Waals surface area (Å²) in [5, 5.41) is 20.4. The zero-order chi connectivity index (χ0) is 13.9. The number of hydrogen-bond acceptors (Lipinski definition) is 3. The van der Waals surface area contributed by atoms with Gasteiger partial charge < -0.3 is 10.2 Å². The molecule has 0 saturated carbocycles. The van der Waals surface area contributed by atoms with Crippen LogP contribution in [0, 0.1) is 5.41 Å². The highest BCUT2D eigenvalue weighted by molar-refractivity contribution is 6.30. The van der Waals surface area contributed by atoms with Crippen LogP contribution >= 0.6 is 11.6 Å². The summed E-state index contributed by atoms with van der Waals surface area (Å²) in [7, 11) is 0. The van der Waals surface area contributed by atoms with Crippen molar-refractivity contribution in [2.45, 2.75) is 25.9 Å². The summed E-state index contributed by atoms with van der Waals surface area (Å²) in [6.07, 6.45) is 1.59. The van der Waals surface area contributed by atoms with Gasteiger partial charge >= 0.3 is 0 Å². The number of aliphatic hydroxyl groups is 2. The molecule has 0 aliphatic carbocycles. The van der Waals surface area contributed by atoms with Crippen molar-refractivity contribution in [1.82, 2.24) is 4.90 Å². The smallest absolute Gasteiger partial charge is 0.0917 e. The average Bonchev–Trinajstić information content (AvgIpc) is 2.39. The third kappa shape index (κ3) is 3.93. The molecule has 0 amide bonds. The molecule has 2 unspecified atom stereocenters. The third-order valence-electron chi connectivity index (χ3n) is 3.91. The van der Waals surface area contributed by atoms with Gasteiger partial charge in [-0.3, -0.25) is 4.90 Å². The number of piperidine rings is 1. The van der Waals surface area contributed by atoms with E-state index in [0.717, 1.165) is 31.5 Å². The second-order valence-corrected chi connectivity index (χ2v) is 6.31. The summed E-state index contributed by atoms with van der Waals surface area (Å²) in [4.78, 5) is 2.23. The lowest BCUT2D eigenvalue weighted by molar-refractivity contribution is 0.0210. The highest BCUT2D eigenvalue weighted by atomic mass is 35.5. The van der Waals surface area contributed by atoms with Gasteiger partial charge in [-0.2, -0.15) is 0 Å². The molecule has 4 heteroatoms. The van der Waals surface area contributed by atoms with Crippen LogP contribution < -0.4 is 0 Å². The van der Waals surface area contributed by atoms with Crippen LogP contribution in [-0.2, 0) is 0 Å². The quantitative estimate of drug-likeness (QED) is 0.892. The van der Waals surface area contributed by atoms with E-state index in [9.17, 15) is 10.2 Å². The molecule has 0 aromatic heterocycles. The molecule has 0 spiro atoms. The van der Waals surface area contributed by atoms with Gasteiger partial charge in [0.15, 0.2) is 0 Å². The molecular weight excluding hydrogens is 262 g/mol. The molecule has 0 bridgehead atoms. The first kappa shape index (κ1) is 14.8. The Balaban J connectivity index is 1.97. The van der Waals surface area contributed by atoms with E-state index in [1.54, 1.807) is 6.07 Å². The van der Waals surface area contributed by atoms with Crippen molar-refractivity contribution in [3.8, 4) is 0 Å². The molecule has 2 atom stereocenters. The summed E-state index contributed by atoms with van der Waals surface area (Å²) in [5.41, 5.74) is 0.815. The first-order valence-corrected chi connectivity index (χ1v) is 7.17. The lowest BCUT2D eigenvalue weighted by Crippen LogP contribution is -2.45. The average molecular weight is 284 g/mol. The van der Waals surface area contributed by atoms with E-state index >= 15 is 0 Å². The molecule has 0 radical (unpaired) electrons. The topological polar surface area (TPSA) is 43.7 Å². The number of halogens is 1. The molecule has 2 rings (SSSR count). The highest BCUT2D eigenvalue weighted by Gasteiger charge is 2.31. The second-order valence-electron chi connectivity index (χ2n) is 5.88. The summed E-state index contributed by atoms with van der Waals surface area (Å²) < 4.78 is 0. The predicted octanol–water partition coefficient (Wildman–Crippen LogP) is 2.47. The molecule has 1 fully saturated rings. The van der Waals surface area contributed by atoms with Gasteiger partial charge in [-0.15, -0.1) is 0 Å². The van der Waals surface area contributed by atoms with Gasteiger partial charge in [0.1, 0.15) is 0 Å². The van der Waals surface area contributed by atoms with Gasteiger partial charge in [-0.05, 0) is 37.1 Å². The first-order chi connectivity index (χ1) is 9.02. The molecule has 1 saturated heterocycles. The highest BCUT2D eigenvalue weighted by Crippen LogP contribution is 2.30. The Morgan fingerprint density at radius 1 is 1.47 bits per heavy atom. The Bertz CT molecular complexity index is 426. The van der Waals surface area contributed by atoms with Crippen molar-refractivity contribution < 1.29 is 10.2 Å². The maximum Gasteiger partial charge on any atom is 0.0917 e. The van der Waals surface area contributed by atoms with Gasteiger partial charge in [0.25, 0.3) is 0 Å². The molecular formula is C15H22ClNO2. The summed E-state index contributed by atoms with van der Waals surface area (Å²) >= 11 is 5.94. The Morgan fingerprint density at radius 3 is 2.95 bits per heavy atom. The Kier molecular flexibility index (Phi) is 4.85.